The molecule has 20 heavy (non-hydrogen) atoms. The molecule has 0 bridgehead atoms. The van der Waals surface area contributed by atoms with Gasteiger partial charge >= 0.3 is 0 Å². The van der Waals surface area contributed by atoms with Crippen LogP contribution in [0.1, 0.15) is 5.56 Å². The highest BCUT2D eigenvalue weighted by Crippen LogP contribution is 2.27. The summed E-state index contributed by atoms with van der Waals surface area (Å²) in [4.78, 5) is 0. The van der Waals surface area contributed by atoms with Gasteiger partial charge in [-0.2, -0.15) is 20.1 Å². The maximum atomic E-state index is 8.50. The van der Waals surface area contributed by atoms with E-state index in [2.05, 4.69) is 15.3 Å². The normalized spacial score (nSPS) is 10.4. The van der Waals surface area contributed by atoms with Crippen molar-refractivity contribution in [3.63, 3.8) is 0 Å². The van der Waals surface area contributed by atoms with Crippen LogP contribution >= 0.6 is 12.2 Å². The number of hydrogen-bond acceptors (Lipinski definition) is 6. The second kappa shape index (κ2) is 6.49. The van der Waals surface area contributed by atoms with E-state index < -0.39 is 0 Å². The minimum absolute atomic E-state index is 0.0338. The van der Waals surface area contributed by atoms with Crippen LogP contribution in [0.5, 0.6) is 11.5 Å². The Morgan fingerprint density at radius 3 is 3.05 bits per heavy atom. The zero-order valence-corrected chi connectivity index (χ0v) is 11.4. The highest BCUT2D eigenvalue weighted by atomic mass is 32.1. The predicted molar refractivity (Wildman–Crippen MR) is 74.5 cm³/mol. The zero-order valence-electron chi connectivity index (χ0n) is 10.6. The molecular formula is C12H11N5O2S. The number of aromatic amines is 1. The minimum Gasteiger partial charge on any atom is -0.493 e. The second-order valence-corrected chi connectivity index (χ2v) is 3.99. The van der Waals surface area contributed by atoms with Gasteiger partial charge < -0.3 is 9.47 Å². The fraction of sp³-hybridized carbons (Fsp3) is 0.167. The highest BCUT2D eigenvalue weighted by molar-refractivity contribution is 7.71. The third-order valence-corrected chi connectivity index (χ3v) is 2.62. The fourth-order valence-corrected chi connectivity index (χ4v) is 1.59. The molecule has 0 fully saturated rings. The number of methoxy groups -OCH3 is 1. The molecular weight excluding hydrogens is 278 g/mol. The molecule has 1 heterocycles. The maximum absolute atomic E-state index is 8.50. The van der Waals surface area contributed by atoms with Gasteiger partial charge in [-0.15, -0.1) is 0 Å². The molecule has 0 atom stereocenters. The van der Waals surface area contributed by atoms with Crippen LogP contribution in [0.25, 0.3) is 0 Å². The first kappa shape index (κ1) is 13.8. The zero-order chi connectivity index (χ0) is 14.4. The smallest absolute Gasteiger partial charge is 0.216 e. The van der Waals surface area contributed by atoms with E-state index in [9.17, 15) is 0 Å². The summed E-state index contributed by atoms with van der Waals surface area (Å²) >= 11 is 4.97. The van der Waals surface area contributed by atoms with Crippen molar-refractivity contribution in [3.05, 3.63) is 34.9 Å². The van der Waals surface area contributed by atoms with Crippen molar-refractivity contribution in [2.24, 2.45) is 5.10 Å². The Morgan fingerprint density at radius 2 is 2.40 bits per heavy atom. The lowest BCUT2D eigenvalue weighted by molar-refractivity contribution is 0.329. The van der Waals surface area contributed by atoms with Gasteiger partial charge in [-0.25, -0.2) is 0 Å². The van der Waals surface area contributed by atoms with Crippen molar-refractivity contribution in [1.29, 1.82) is 5.26 Å². The summed E-state index contributed by atoms with van der Waals surface area (Å²) in [5, 5.41) is 19.0. The first-order chi connectivity index (χ1) is 9.74. The van der Waals surface area contributed by atoms with Gasteiger partial charge in [-0.3, -0.25) is 5.10 Å². The maximum Gasteiger partial charge on any atom is 0.216 e. The predicted octanol–water partition coefficient (Wildman–Crippen LogP) is 1.73. The van der Waals surface area contributed by atoms with Crippen LogP contribution in [-0.4, -0.2) is 34.8 Å². The van der Waals surface area contributed by atoms with E-state index in [0.717, 1.165) is 5.56 Å². The van der Waals surface area contributed by atoms with Crippen molar-refractivity contribution in [2.75, 3.05) is 13.7 Å². The first-order valence-electron chi connectivity index (χ1n) is 5.58. The molecule has 0 spiro atoms. The summed E-state index contributed by atoms with van der Waals surface area (Å²) in [6.07, 6.45) is 3.09. The molecule has 7 nitrogen and oxygen atoms in total. The number of rotatable bonds is 5. The van der Waals surface area contributed by atoms with Crippen molar-refractivity contribution in [3.8, 4) is 17.6 Å². The number of nitrogens with zero attached hydrogens (tertiary/aromatic N) is 4. The largest absolute Gasteiger partial charge is 0.493 e. The minimum atomic E-state index is -0.0338. The second-order valence-electron chi connectivity index (χ2n) is 3.61. The van der Waals surface area contributed by atoms with Gasteiger partial charge in [0.1, 0.15) is 12.4 Å². The summed E-state index contributed by atoms with van der Waals surface area (Å²) < 4.78 is 12.3. The molecule has 8 heteroatoms. The van der Waals surface area contributed by atoms with E-state index in [-0.39, 0.29) is 6.61 Å². The van der Waals surface area contributed by atoms with Gasteiger partial charge in [-0.1, -0.05) is 0 Å². The Balaban J connectivity index is 2.22. The topological polar surface area (TPSA) is 88.2 Å². The lowest BCUT2D eigenvalue weighted by Crippen LogP contribution is -1.97. The molecule has 102 valence electrons. The van der Waals surface area contributed by atoms with Crippen LogP contribution in [0.4, 0.5) is 0 Å². The van der Waals surface area contributed by atoms with Crippen molar-refractivity contribution < 1.29 is 9.47 Å². The number of aromatic nitrogens is 3. The van der Waals surface area contributed by atoms with Gasteiger partial charge in [0.05, 0.1) is 13.3 Å². The van der Waals surface area contributed by atoms with Crippen LogP contribution in [0.15, 0.2) is 29.6 Å². The molecule has 0 saturated heterocycles. The van der Waals surface area contributed by atoms with E-state index >= 15 is 0 Å². The monoisotopic (exact) mass is 289 g/mol. The van der Waals surface area contributed by atoms with Crippen molar-refractivity contribution in [1.82, 2.24) is 14.9 Å². The third kappa shape index (κ3) is 3.21. The SMILES string of the molecule is COc1cc(/C=N\n2cn[nH]c2=S)ccc1OCC#N. The van der Waals surface area contributed by atoms with E-state index in [1.807, 2.05) is 6.07 Å². The molecule has 2 rings (SSSR count). The summed E-state index contributed by atoms with van der Waals surface area (Å²) in [7, 11) is 1.53. The Hall–Kier alpha value is -2.66. The van der Waals surface area contributed by atoms with Gasteiger partial charge in [-0.05, 0) is 36.0 Å². The molecule has 0 unspecified atom stereocenters. The van der Waals surface area contributed by atoms with Crippen LogP contribution in [-0.2, 0) is 0 Å². The average molecular weight is 289 g/mol. The molecule has 1 N–H and O–H groups in total. The molecule has 0 amide bonds. The first-order valence-corrected chi connectivity index (χ1v) is 5.99. The third-order valence-electron chi connectivity index (χ3n) is 2.35. The standard InChI is InChI=1S/C12H11N5O2S/c1-18-11-6-9(2-3-10(11)19-5-4-13)7-15-17-8-14-16-12(17)20/h2-3,6-8H,5H2,1H3,(H,16,20)/b15-7-. The van der Waals surface area contributed by atoms with E-state index in [1.165, 1.54) is 18.1 Å². The lowest BCUT2D eigenvalue weighted by Gasteiger charge is -2.08. The summed E-state index contributed by atoms with van der Waals surface area (Å²) in [6, 6.07) is 7.16. The van der Waals surface area contributed by atoms with E-state index in [4.69, 9.17) is 27.0 Å². The molecule has 1 aromatic carbocycles. The quantitative estimate of drug-likeness (QED) is 0.669. The number of ether oxygens (including phenoxy) is 2. The Kier molecular flexibility index (Phi) is 4.47. The van der Waals surface area contributed by atoms with E-state index in [1.54, 1.807) is 24.4 Å². The summed E-state index contributed by atoms with van der Waals surface area (Å²) in [6.45, 7) is -0.0338. The number of H-pyrrole nitrogens is 1. The number of nitriles is 1. The van der Waals surface area contributed by atoms with Crippen molar-refractivity contribution in [2.45, 2.75) is 0 Å². The van der Waals surface area contributed by atoms with Crippen LogP contribution < -0.4 is 9.47 Å². The van der Waals surface area contributed by atoms with Gasteiger partial charge in [0.15, 0.2) is 18.1 Å². The molecule has 0 radical (unpaired) electrons. The lowest BCUT2D eigenvalue weighted by atomic mass is 10.2. The molecule has 0 aliphatic carbocycles. The van der Waals surface area contributed by atoms with Crippen LogP contribution in [0.3, 0.4) is 0 Å². The van der Waals surface area contributed by atoms with E-state index in [0.29, 0.717) is 16.3 Å². The molecule has 2 aromatic rings. The van der Waals surface area contributed by atoms with Crippen LogP contribution in [0, 0.1) is 16.1 Å². The fourth-order valence-electron chi connectivity index (χ4n) is 1.45. The molecule has 0 aliphatic rings. The van der Waals surface area contributed by atoms with Crippen molar-refractivity contribution >= 4 is 18.4 Å². The molecule has 0 aliphatic heterocycles. The van der Waals surface area contributed by atoms with Gasteiger partial charge in [0.25, 0.3) is 0 Å². The van der Waals surface area contributed by atoms with Gasteiger partial charge in [0.2, 0.25) is 4.77 Å². The number of hydrogen-bond donors (Lipinski definition) is 1. The Labute approximate surface area is 120 Å². The average Bonchev–Trinajstić information content (AvgIpc) is 2.88. The van der Waals surface area contributed by atoms with Crippen LogP contribution in [0.2, 0.25) is 0 Å². The highest BCUT2D eigenvalue weighted by Gasteiger charge is 2.04. The Bertz CT molecular complexity index is 713. The molecule has 0 saturated carbocycles. The number of nitrogens with one attached hydrogen (secondary N) is 1. The summed E-state index contributed by atoms with van der Waals surface area (Å²) in [5.41, 5.74) is 0.800. The Morgan fingerprint density at radius 1 is 1.55 bits per heavy atom. The molecule has 1 aromatic heterocycles. The summed E-state index contributed by atoms with van der Waals surface area (Å²) in [5.74, 6) is 1.03. The van der Waals surface area contributed by atoms with Gasteiger partial charge in [0, 0.05) is 0 Å². The number of benzene rings is 1.